The zero-order valence-corrected chi connectivity index (χ0v) is 12.1. The SMILES string of the molecule is C=CCc1cc(Br)ccc1OOCc1ccccc1. The second kappa shape index (κ2) is 7.12. The van der Waals surface area contributed by atoms with Gasteiger partial charge in [0.25, 0.3) is 0 Å². The molecule has 0 spiro atoms. The van der Waals surface area contributed by atoms with E-state index >= 15 is 0 Å². The molecule has 0 aromatic heterocycles. The average molecular weight is 319 g/mol. The van der Waals surface area contributed by atoms with Crippen LogP contribution in [0.25, 0.3) is 0 Å². The minimum atomic E-state index is 0.421. The Hall–Kier alpha value is -1.58. The lowest BCUT2D eigenvalue weighted by atomic mass is 10.1. The van der Waals surface area contributed by atoms with Crippen molar-refractivity contribution in [2.45, 2.75) is 13.0 Å². The molecule has 2 aromatic rings. The maximum absolute atomic E-state index is 5.38. The first-order valence-electron chi connectivity index (χ1n) is 6.02. The Kier molecular flexibility index (Phi) is 5.19. The van der Waals surface area contributed by atoms with E-state index in [-0.39, 0.29) is 0 Å². The number of hydrogen-bond donors (Lipinski definition) is 0. The van der Waals surface area contributed by atoms with Gasteiger partial charge in [-0.2, -0.15) is 4.89 Å². The molecule has 0 heterocycles. The van der Waals surface area contributed by atoms with Gasteiger partial charge in [-0.3, -0.25) is 0 Å². The monoisotopic (exact) mass is 318 g/mol. The first kappa shape index (κ1) is 13.8. The Morgan fingerprint density at radius 1 is 1.11 bits per heavy atom. The summed E-state index contributed by atoms with van der Waals surface area (Å²) in [5, 5.41) is 0. The molecule has 2 nitrogen and oxygen atoms in total. The van der Waals surface area contributed by atoms with Gasteiger partial charge >= 0.3 is 0 Å². The molecular formula is C16H15BrO2. The first-order chi connectivity index (χ1) is 9.29. The number of benzene rings is 2. The molecule has 0 radical (unpaired) electrons. The summed E-state index contributed by atoms with van der Waals surface area (Å²) in [5.41, 5.74) is 2.11. The third-order valence-corrected chi connectivity index (χ3v) is 3.10. The summed E-state index contributed by atoms with van der Waals surface area (Å²) in [4.78, 5) is 10.7. The van der Waals surface area contributed by atoms with Gasteiger partial charge in [0.1, 0.15) is 6.61 Å². The van der Waals surface area contributed by atoms with Crippen molar-refractivity contribution in [2.24, 2.45) is 0 Å². The fourth-order valence-electron chi connectivity index (χ4n) is 1.68. The largest absolute Gasteiger partial charge is 0.337 e. The normalized spacial score (nSPS) is 10.2. The van der Waals surface area contributed by atoms with E-state index in [0.717, 1.165) is 27.8 Å². The van der Waals surface area contributed by atoms with Crippen molar-refractivity contribution in [3.05, 3.63) is 76.8 Å². The van der Waals surface area contributed by atoms with E-state index in [2.05, 4.69) is 22.5 Å². The highest BCUT2D eigenvalue weighted by Crippen LogP contribution is 2.24. The van der Waals surface area contributed by atoms with Crippen molar-refractivity contribution < 1.29 is 9.78 Å². The summed E-state index contributed by atoms with van der Waals surface area (Å²) in [7, 11) is 0. The van der Waals surface area contributed by atoms with Crippen LogP contribution in [-0.2, 0) is 17.9 Å². The smallest absolute Gasteiger partial charge is 0.168 e. The second-order valence-electron chi connectivity index (χ2n) is 4.08. The second-order valence-corrected chi connectivity index (χ2v) is 4.99. The molecule has 0 fully saturated rings. The van der Waals surface area contributed by atoms with Crippen LogP contribution in [0.3, 0.4) is 0 Å². The molecule has 2 aromatic carbocycles. The minimum Gasteiger partial charge on any atom is -0.337 e. The van der Waals surface area contributed by atoms with Crippen LogP contribution >= 0.6 is 15.9 Å². The number of halogens is 1. The van der Waals surface area contributed by atoms with Crippen LogP contribution in [0.4, 0.5) is 0 Å². The third-order valence-electron chi connectivity index (χ3n) is 2.60. The lowest BCUT2D eigenvalue weighted by molar-refractivity contribution is -0.218. The molecule has 98 valence electrons. The van der Waals surface area contributed by atoms with Crippen molar-refractivity contribution >= 4 is 15.9 Å². The van der Waals surface area contributed by atoms with E-state index < -0.39 is 0 Å². The average Bonchev–Trinajstić information content (AvgIpc) is 2.43. The van der Waals surface area contributed by atoms with Crippen molar-refractivity contribution in [1.82, 2.24) is 0 Å². The van der Waals surface area contributed by atoms with Crippen molar-refractivity contribution in [2.75, 3.05) is 0 Å². The topological polar surface area (TPSA) is 18.5 Å². The van der Waals surface area contributed by atoms with Gasteiger partial charge in [0.2, 0.25) is 0 Å². The Morgan fingerprint density at radius 3 is 2.63 bits per heavy atom. The molecule has 3 heteroatoms. The van der Waals surface area contributed by atoms with Gasteiger partial charge in [0.15, 0.2) is 5.75 Å². The molecule has 0 unspecified atom stereocenters. The summed E-state index contributed by atoms with van der Waals surface area (Å²) >= 11 is 3.44. The molecule has 0 aliphatic rings. The van der Waals surface area contributed by atoms with Gasteiger partial charge in [-0.15, -0.1) is 6.58 Å². The van der Waals surface area contributed by atoms with E-state index in [4.69, 9.17) is 9.78 Å². The maximum atomic E-state index is 5.38. The molecule has 0 saturated carbocycles. The third kappa shape index (κ3) is 4.23. The van der Waals surface area contributed by atoms with E-state index in [1.165, 1.54) is 0 Å². The van der Waals surface area contributed by atoms with Crippen molar-refractivity contribution in [1.29, 1.82) is 0 Å². The first-order valence-corrected chi connectivity index (χ1v) is 6.81. The molecule has 0 saturated heterocycles. The van der Waals surface area contributed by atoms with Gasteiger partial charge < -0.3 is 4.89 Å². The summed E-state index contributed by atoms with van der Waals surface area (Å²) in [6.07, 6.45) is 2.58. The van der Waals surface area contributed by atoms with Gasteiger partial charge in [-0.25, -0.2) is 0 Å². The molecule has 19 heavy (non-hydrogen) atoms. The lowest BCUT2D eigenvalue weighted by Gasteiger charge is -2.09. The predicted molar refractivity (Wildman–Crippen MR) is 79.9 cm³/mol. The van der Waals surface area contributed by atoms with E-state index in [0.29, 0.717) is 6.61 Å². The van der Waals surface area contributed by atoms with Crippen LogP contribution in [0.2, 0.25) is 0 Å². The Labute approximate surface area is 121 Å². The molecule has 0 amide bonds. The molecule has 0 aliphatic carbocycles. The van der Waals surface area contributed by atoms with Crippen LogP contribution in [-0.4, -0.2) is 0 Å². The van der Waals surface area contributed by atoms with Crippen molar-refractivity contribution in [3.8, 4) is 5.75 Å². The standard InChI is InChI=1S/C16H15BrO2/c1-2-6-14-11-15(17)9-10-16(14)19-18-12-13-7-4-3-5-8-13/h2-5,7-11H,1,6,12H2. The highest BCUT2D eigenvalue weighted by molar-refractivity contribution is 9.10. The van der Waals surface area contributed by atoms with Crippen LogP contribution < -0.4 is 4.89 Å². The van der Waals surface area contributed by atoms with E-state index in [1.54, 1.807) is 0 Å². The predicted octanol–water partition coefficient (Wildman–Crippen LogP) is 4.69. The van der Waals surface area contributed by atoms with Crippen LogP contribution in [0.5, 0.6) is 5.75 Å². The number of allylic oxidation sites excluding steroid dienone is 1. The van der Waals surface area contributed by atoms with Crippen LogP contribution in [0, 0.1) is 0 Å². The fourth-order valence-corrected chi connectivity index (χ4v) is 2.09. The molecule has 0 aliphatic heterocycles. The molecule has 0 atom stereocenters. The highest BCUT2D eigenvalue weighted by atomic mass is 79.9. The number of hydrogen-bond acceptors (Lipinski definition) is 2. The van der Waals surface area contributed by atoms with Crippen molar-refractivity contribution in [3.63, 3.8) is 0 Å². The molecular weight excluding hydrogens is 304 g/mol. The van der Waals surface area contributed by atoms with E-state index in [1.807, 2.05) is 54.6 Å². The number of rotatable bonds is 6. The maximum Gasteiger partial charge on any atom is 0.168 e. The zero-order valence-electron chi connectivity index (χ0n) is 10.5. The van der Waals surface area contributed by atoms with Gasteiger partial charge in [-0.05, 0) is 30.2 Å². The van der Waals surface area contributed by atoms with Gasteiger partial charge in [0, 0.05) is 10.0 Å². The zero-order chi connectivity index (χ0) is 13.5. The molecule has 2 rings (SSSR count). The van der Waals surface area contributed by atoms with Crippen LogP contribution in [0.15, 0.2) is 65.7 Å². The van der Waals surface area contributed by atoms with Gasteiger partial charge in [-0.1, -0.05) is 52.3 Å². The Balaban J connectivity index is 1.97. The lowest BCUT2D eigenvalue weighted by Crippen LogP contribution is -2.00. The summed E-state index contributed by atoms with van der Waals surface area (Å²) in [6.45, 7) is 4.16. The molecule has 0 bridgehead atoms. The highest BCUT2D eigenvalue weighted by Gasteiger charge is 2.04. The summed E-state index contributed by atoms with van der Waals surface area (Å²) in [5.74, 6) is 0.721. The Morgan fingerprint density at radius 2 is 1.89 bits per heavy atom. The minimum absolute atomic E-state index is 0.421. The summed E-state index contributed by atoms with van der Waals surface area (Å²) < 4.78 is 1.01. The van der Waals surface area contributed by atoms with Crippen LogP contribution in [0.1, 0.15) is 11.1 Å². The van der Waals surface area contributed by atoms with E-state index in [9.17, 15) is 0 Å². The summed E-state index contributed by atoms with van der Waals surface area (Å²) in [6, 6.07) is 15.7. The molecule has 0 N–H and O–H groups in total. The quantitative estimate of drug-likeness (QED) is 0.437. The Bertz CT molecular complexity index is 538. The van der Waals surface area contributed by atoms with Gasteiger partial charge in [0.05, 0.1) is 0 Å². The fraction of sp³-hybridized carbons (Fsp3) is 0.125.